The number of piperidine rings is 1. The standard InChI is InChI=1S/C25H31N3O3/c1-4-18-16-28(17-20-8-6-5-7-19(20)15-26)12-11-23(18)27-25(29)14-21-13-22(30-2)9-10-24(21)31-3/h5-10,13,18,23H,4,11-12,14,16-17H2,1-3H3,(H,27,29)/t18-,23+/m1/s1. The van der Waals surface area contributed by atoms with Crippen LogP contribution in [0.5, 0.6) is 11.5 Å². The van der Waals surface area contributed by atoms with E-state index in [0.29, 0.717) is 17.4 Å². The zero-order chi connectivity index (χ0) is 22.2. The van der Waals surface area contributed by atoms with E-state index in [0.717, 1.165) is 49.2 Å². The maximum Gasteiger partial charge on any atom is 0.224 e. The Kier molecular flexibility index (Phi) is 7.91. The Hall–Kier alpha value is -3.04. The minimum absolute atomic E-state index is 0.00159. The van der Waals surface area contributed by atoms with Crippen molar-refractivity contribution >= 4 is 5.91 Å². The highest BCUT2D eigenvalue weighted by atomic mass is 16.5. The molecule has 0 aromatic heterocycles. The molecule has 2 atom stereocenters. The van der Waals surface area contributed by atoms with Crippen molar-refractivity contribution in [3.05, 3.63) is 59.2 Å². The molecule has 3 rings (SSSR count). The van der Waals surface area contributed by atoms with E-state index in [2.05, 4.69) is 23.2 Å². The lowest BCUT2D eigenvalue weighted by atomic mass is 9.89. The van der Waals surface area contributed by atoms with Crippen molar-refractivity contribution in [1.29, 1.82) is 5.26 Å². The molecule has 1 aliphatic heterocycles. The number of ether oxygens (including phenoxy) is 2. The van der Waals surface area contributed by atoms with Crippen LogP contribution in [0.1, 0.15) is 36.5 Å². The van der Waals surface area contributed by atoms with Crippen molar-refractivity contribution in [1.82, 2.24) is 10.2 Å². The zero-order valence-electron chi connectivity index (χ0n) is 18.6. The summed E-state index contributed by atoms with van der Waals surface area (Å²) in [6, 6.07) is 15.7. The lowest BCUT2D eigenvalue weighted by Gasteiger charge is -2.38. The molecule has 6 nitrogen and oxygen atoms in total. The molecule has 0 spiro atoms. The highest BCUT2D eigenvalue weighted by Gasteiger charge is 2.29. The highest BCUT2D eigenvalue weighted by Crippen LogP contribution is 2.26. The molecule has 1 aliphatic rings. The van der Waals surface area contributed by atoms with Gasteiger partial charge in [-0.3, -0.25) is 9.69 Å². The van der Waals surface area contributed by atoms with Gasteiger partial charge in [0.05, 0.1) is 32.3 Å². The van der Waals surface area contributed by atoms with E-state index in [9.17, 15) is 10.1 Å². The molecule has 1 N–H and O–H groups in total. The number of methoxy groups -OCH3 is 2. The van der Waals surface area contributed by atoms with Crippen LogP contribution in [-0.2, 0) is 17.8 Å². The second-order valence-electron chi connectivity index (χ2n) is 7.99. The van der Waals surface area contributed by atoms with E-state index in [-0.39, 0.29) is 18.4 Å². The van der Waals surface area contributed by atoms with Crippen LogP contribution in [0.4, 0.5) is 0 Å². The third kappa shape index (κ3) is 5.77. The molecule has 0 aliphatic carbocycles. The van der Waals surface area contributed by atoms with Crippen LogP contribution in [0.2, 0.25) is 0 Å². The van der Waals surface area contributed by atoms with E-state index >= 15 is 0 Å². The van der Waals surface area contributed by atoms with Crippen molar-refractivity contribution in [3.63, 3.8) is 0 Å². The molecule has 1 heterocycles. The fraction of sp³-hybridized carbons (Fsp3) is 0.440. The number of nitriles is 1. The van der Waals surface area contributed by atoms with Gasteiger partial charge in [-0.2, -0.15) is 5.26 Å². The molecule has 6 heteroatoms. The molecule has 2 aromatic rings. The molecular formula is C25H31N3O3. The van der Waals surface area contributed by atoms with Crippen molar-refractivity contribution < 1.29 is 14.3 Å². The summed E-state index contributed by atoms with van der Waals surface area (Å²) in [6.07, 6.45) is 2.14. The smallest absolute Gasteiger partial charge is 0.224 e. The predicted octanol–water partition coefficient (Wildman–Crippen LogP) is 3.53. The van der Waals surface area contributed by atoms with Gasteiger partial charge in [0.15, 0.2) is 0 Å². The largest absolute Gasteiger partial charge is 0.497 e. The van der Waals surface area contributed by atoms with Gasteiger partial charge in [0, 0.05) is 31.2 Å². The van der Waals surface area contributed by atoms with Crippen LogP contribution >= 0.6 is 0 Å². The summed E-state index contributed by atoms with van der Waals surface area (Å²) in [5.41, 5.74) is 2.61. The van der Waals surface area contributed by atoms with E-state index in [1.54, 1.807) is 14.2 Å². The molecule has 0 saturated carbocycles. The van der Waals surface area contributed by atoms with E-state index in [1.807, 2.05) is 42.5 Å². The number of nitrogens with one attached hydrogen (secondary N) is 1. The fourth-order valence-corrected chi connectivity index (χ4v) is 4.31. The predicted molar refractivity (Wildman–Crippen MR) is 120 cm³/mol. The topological polar surface area (TPSA) is 74.6 Å². The summed E-state index contributed by atoms with van der Waals surface area (Å²) in [6.45, 7) is 4.73. The molecule has 1 saturated heterocycles. The molecule has 1 fully saturated rings. The summed E-state index contributed by atoms with van der Waals surface area (Å²) in [5.74, 6) is 1.77. The third-order valence-corrected chi connectivity index (χ3v) is 6.06. The Balaban J connectivity index is 1.60. The number of nitrogens with zero attached hydrogens (tertiary/aromatic N) is 2. The van der Waals surface area contributed by atoms with Gasteiger partial charge in [-0.25, -0.2) is 0 Å². The maximum absolute atomic E-state index is 12.8. The number of hydrogen-bond donors (Lipinski definition) is 1. The molecule has 164 valence electrons. The molecule has 0 bridgehead atoms. The Morgan fingerprint density at radius 3 is 2.71 bits per heavy atom. The number of benzene rings is 2. The number of carbonyl (C=O) groups excluding carboxylic acids is 1. The summed E-state index contributed by atoms with van der Waals surface area (Å²) in [5, 5.41) is 12.6. The van der Waals surface area contributed by atoms with Gasteiger partial charge in [-0.1, -0.05) is 31.5 Å². The zero-order valence-corrected chi connectivity index (χ0v) is 18.6. The Labute approximate surface area is 184 Å². The number of amides is 1. The first-order chi connectivity index (χ1) is 15.1. The lowest BCUT2D eigenvalue weighted by molar-refractivity contribution is -0.122. The average Bonchev–Trinajstić information content (AvgIpc) is 2.80. The normalized spacial score (nSPS) is 18.8. The van der Waals surface area contributed by atoms with Gasteiger partial charge >= 0.3 is 0 Å². The average molecular weight is 422 g/mol. The minimum atomic E-state index is -0.00159. The van der Waals surface area contributed by atoms with Crippen LogP contribution in [0.25, 0.3) is 0 Å². The fourth-order valence-electron chi connectivity index (χ4n) is 4.31. The second kappa shape index (κ2) is 10.8. The Morgan fingerprint density at radius 2 is 2.00 bits per heavy atom. The van der Waals surface area contributed by atoms with Crippen molar-refractivity contribution in [2.24, 2.45) is 5.92 Å². The minimum Gasteiger partial charge on any atom is -0.497 e. The van der Waals surface area contributed by atoms with E-state index in [1.165, 1.54) is 0 Å². The molecule has 0 unspecified atom stereocenters. The molecular weight excluding hydrogens is 390 g/mol. The van der Waals surface area contributed by atoms with Crippen LogP contribution in [0.3, 0.4) is 0 Å². The van der Waals surface area contributed by atoms with Crippen molar-refractivity contribution in [2.75, 3.05) is 27.3 Å². The van der Waals surface area contributed by atoms with Gasteiger partial charge in [-0.05, 0) is 42.2 Å². The summed E-state index contributed by atoms with van der Waals surface area (Å²) in [7, 11) is 3.22. The van der Waals surface area contributed by atoms with Gasteiger partial charge < -0.3 is 14.8 Å². The second-order valence-corrected chi connectivity index (χ2v) is 7.99. The molecule has 31 heavy (non-hydrogen) atoms. The van der Waals surface area contributed by atoms with E-state index < -0.39 is 0 Å². The van der Waals surface area contributed by atoms with Crippen LogP contribution in [0.15, 0.2) is 42.5 Å². The van der Waals surface area contributed by atoms with Gasteiger partial charge in [-0.15, -0.1) is 0 Å². The van der Waals surface area contributed by atoms with Crippen LogP contribution in [-0.4, -0.2) is 44.2 Å². The third-order valence-electron chi connectivity index (χ3n) is 6.06. The number of likely N-dealkylation sites (tertiary alicyclic amines) is 1. The summed E-state index contributed by atoms with van der Waals surface area (Å²) >= 11 is 0. The highest BCUT2D eigenvalue weighted by molar-refractivity contribution is 5.79. The van der Waals surface area contributed by atoms with Gasteiger partial charge in [0.2, 0.25) is 5.91 Å². The maximum atomic E-state index is 12.8. The number of rotatable bonds is 8. The molecule has 2 aromatic carbocycles. The van der Waals surface area contributed by atoms with Crippen molar-refractivity contribution in [2.45, 2.75) is 38.8 Å². The van der Waals surface area contributed by atoms with E-state index in [4.69, 9.17) is 9.47 Å². The summed E-state index contributed by atoms with van der Waals surface area (Å²) < 4.78 is 10.7. The van der Waals surface area contributed by atoms with Gasteiger partial charge in [0.1, 0.15) is 11.5 Å². The first-order valence-corrected chi connectivity index (χ1v) is 10.8. The summed E-state index contributed by atoms with van der Waals surface area (Å²) in [4.78, 5) is 15.2. The first kappa shape index (κ1) is 22.6. The van der Waals surface area contributed by atoms with Gasteiger partial charge in [0.25, 0.3) is 0 Å². The molecule has 1 amide bonds. The Bertz CT molecular complexity index is 938. The monoisotopic (exact) mass is 421 g/mol. The lowest BCUT2D eigenvalue weighted by Crippen LogP contribution is -2.50. The van der Waals surface area contributed by atoms with Crippen LogP contribution in [0, 0.1) is 17.2 Å². The number of hydrogen-bond acceptors (Lipinski definition) is 5. The molecule has 0 radical (unpaired) electrons. The SMILES string of the molecule is CC[C@@H]1CN(Cc2ccccc2C#N)CC[C@@H]1NC(=O)Cc1cc(OC)ccc1OC. The van der Waals surface area contributed by atoms with Crippen LogP contribution < -0.4 is 14.8 Å². The first-order valence-electron chi connectivity index (χ1n) is 10.8. The number of carbonyl (C=O) groups is 1. The Morgan fingerprint density at radius 1 is 1.19 bits per heavy atom. The quantitative estimate of drug-likeness (QED) is 0.706. The van der Waals surface area contributed by atoms with Crippen molar-refractivity contribution in [3.8, 4) is 17.6 Å².